The maximum Gasteiger partial charge on any atom is 0.416 e. The molecule has 0 unspecified atom stereocenters. The number of nitriles is 1. The van der Waals surface area contributed by atoms with Crippen molar-refractivity contribution in [1.29, 1.82) is 5.26 Å². The van der Waals surface area contributed by atoms with Gasteiger partial charge < -0.3 is 10.1 Å². The summed E-state index contributed by atoms with van der Waals surface area (Å²) < 4.78 is 43.6. The van der Waals surface area contributed by atoms with Crippen LogP contribution in [0.25, 0.3) is 17.3 Å². The maximum absolute atomic E-state index is 12.8. The number of carbonyl (C=O) groups is 1. The van der Waals surface area contributed by atoms with Crippen LogP contribution in [0, 0.1) is 11.3 Å². The summed E-state index contributed by atoms with van der Waals surface area (Å²) in [6.07, 6.45) is -1.79. The molecule has 0 aliphatic carbocycles. The van der Waals surface area contributed by atoms with Gasteiger partial charge in [0.2, 0.25) is 0 Å². The largest absolute Gasteiger partial charge is 0.497 e. The Morgan fingerprint density at radius 2 is 1.97 bits per heavy atom. The van der Waals surface area contributed by atoms with Crippen molar-refractivity contribution in [2.75, 3.05) is 12.4 Å². The average molecular weight is 412 g/mol. The molecule has 1 heterocycles. The van der Waals surface area contributed by atoms with Crippen LogP contribution in [0.4, 0.5) is 18.9 Å². The van der Waals surface area contributed by atoms with Gasteiger partial charge in [-0.05, 0) is 48.5 Å². The first-order valence-electron chi connectivity index (χ1n) is 8.60. The lowest BCUT2D eigenvalue weighted by Gasteiger charge is -2.09. The van der Waals surface area contributed by atoms with Crippen molar-refractivity contribution in [3.05, 3.63) is 71.4 Å². The number of anilines is 1. The number of amides is 1. The first kappa shape index (κ1) is 20.7. The third-order valence-corrected chi connectivity index (χ3v) is 4.16. The fourth-order valence-electron chi connectivity index (χ4n) is 2.67. The quantitative estimate of drug-likeness (QED) is 0.471. The number of rotatable bonds is 5. The second-order valence-electron chi connectivity index (χ2n) is 6.13. The van der Waals surface area contributed by atoms with Gasteiger partial charge in [0.25, 0.3) is 5.91 Å². The lowest BCUT2D eigenvalue weighted by molar-refractivity contribution is -0.137. The second kappa shape index (κ2) is 8.53. The Hall–Kier alpha value is -4.06. The number of methoxy groups -OCH3 is 1. The van der Waals surface area contributed by atoms with Crippen molar-refractivity contribution in [3.8, 4) is 23.1 Å². The smallest absolute Gasteiger partial charge is 0.416 e. The van der Waals surface area contributed by atoms with Crippen molar-refractivity contribution in [2.45, 2.75) is 6.18 Å². The number of nitrogens with one attached hydrogen (secondary N) is 2. The number of nitrogens with zero attached hydrogens (tertiary/aromatic N) is 2. The first-order valence-corrected chi connectivity index (χ1v) is 8.60. The fourth-order valence-corrected chi connectivity index (χ4v) is 2.67. The van der Waals surface area contributed by atoms with E-state index in [9.17, 15) is 23.2 Å². The molecule has 0 aliphatic rings. The summed E-state index contributed by atoms with van der Waals surface area (Å²) in [5.41, 5.74) is 0.518. The highest BCUT2D eigenvalue weighted by Gasteiger charge is 2.30. The van der Waals surface area contributed by atoms with Crippen LogP contribution in [0.3, 0.4) is 0 Å². The zero-order valence-corrected chi connectivity index (χ0v) is 15.6. The number of aromatic amines is 1. The SMILES string of the molecule is COc1ccc(-c2[nH]ncc2/C=C(\C#N)C(=O)Nc2cccc(C(F)(F)F)c2)cc1. The highest BCUT2D eigenvalue weighted by molar-refractivity contribution is 6.10. The average Bonchev–Trinajstić information content (AvgIpc) is 3.19. The second-order valence-corrected chi connectivity index (χ2v) is 6.13. The number of hydrogen-bond acceptors (Lipinski definition) is 4. The lowest BCUT2D eigenvalue weighted by atomic mass is 10.1. The summed E-state index contributed by atoms with van der Waals surface area (Å²) in [6, 6.07) is 13.0. The van der Waals surface area contributed by atoms with Crippen molar-refractivity contribution in [2.24, 2.45) is 0 Å². The monoisotopic (exact) mass is 412 g/mol. The molecule has 1 aromatic heterocycles. The minimum Gasteiger partial charge on any atom is -0.497 e. The van der Waals surface area contributed by atoms with E-state index in [1.54, 1.807) is 37.4 Å². The van der Waals surface area contributed by atoms with Gasteiger partial charge in [-0.15, -0.1) is 0 Å². The normalized spacial score (nSPS) is 11.6. The molecule has 0 saturated carbocycles. The number of alkyl halides is 3. The first-order chi connectivity index (χ1) is 14.3. The van der Waals surface area contributed by atoms with E-state index in [2.05, 4.69) is 15.5 Å². The van der Waals surface area contributed by atoms with E-state index in [1.165, 1.54) is 24.4 Å². The number of hydrogen-bond donors (Lipinski definition) is 2. The molecule has 0 radical (unpaired) electrons. The molecule has 6 nitrogen and oxygen atoms in total. The molecule has 2 N–H and O–H groups in total. The van der Waals surface area contributed by atoms with Crippen LogP contribution in [0.15, 0.2) is 60.3 Å². The summed E-state index contributed by atoms with van der Waals surface area (Å²) in [5, 5.41) is 18.4. The van der Waals surface area contributed by atoms with Crippen LogP contribution < -0.4 is 10.1 Å². The standard InChI is InChI=1S/C21H15F3N4O2/c1-30-18-7-5-13(6-8-18)19-15(12-26-28-19)9-14(11-25)20(29)27-17-4-2-3-16(10-17)21(22,23)24/h2-10,12H,1H3,(H,26,28)(H,27,29)/b14-9+. The predicted octanol–water partition coefficient (Wildman–Crippen LogP) is 4.65. The third kappa shape index (κ3) is 4.67. The summed E-state index contributed by atoms with van der Waals surface area (Å²) >= 11 is 0. The Morgan fingerprint density at radius 3 is 2.60 bits per heavy atom. The predicted molar refractivity (Wildman–Crippen MR) is 104 cm³/mol. The molecule has 0 bridgehead atoms. The Kier molecular flexibility index (Phi) is 5.88. The van der Waals surface area contributed by atoms with Gasteiger partial charge in [-0.25, -0.2) is 0 Å². The van der Waals surface area contributed by atoms with Gasteiger partial charge in [-0.2, -0.15) is 23.5 Å². The van der Waals surface area contributed by atoms with Crippen molar-refractivity contribution >= 4 is 17.7 Å². The number of halogens is 3. The van der Waals surface area contributed by atoms with Crippen molar-refractivity contribution in [1.82, 2.24) is 10.2 Å². The number of ether oxygens (including phenoxy) is 1. The summed E-state index contributed by atoms with van der Waals surface area (Å²) in [7, 11) is 1.54. The van der Waals surface area contributed by atoms with Crippen LogP contribution in [-0.2, 0) is 11.0 Å². The van der Waals surface area contributed by atoms with E-state index in [4.69, 9.17) is 4.74 Å². The highest BCUT2D eigenvalue weighted by atomic mass is 19.4. The summed E-state index contributed by atoms with van der Waals surface area (Å²) in [4.78, 5) is 12.4. The van der Waals surface area contributed by atoms with E-state index < -0.39 is 17.6 Å². The molecule has 0 fully saturated rings. The van der Waals surface area contributed by atoms with Crippen molar-refractivity contribution in [3.63, 3.8) is 0 Å². The molecular formula is C21H15F3N4O2. The van der Waals surface area contributed by atoms with Crippen LogP contribution in [0.5, 0.6) is 5.75 Å². The molecule has 0 aliphatic heterocycles. The van der Waals surface area contributed by atoms with E-state index >= 15 is 0 Å². The fraction of sp³-hybridized carbons (Fsp3) is 0.0952. The van der Waals surface area contributed by atoms with Gasteiger partial charge in [0, 0.05) is 16.8 Å². The van der Waals surface area contributed by atoms with Crippen LogP contribution in [-0.4, -0.2) is 23.2 Å². The number of aromatic nitrogens is 2. The van der Waals surface area contributed by atoms with Gasteiger partial charge in [0.05, 0.1) is 24.6 Å². The molecule has 3 aromatic rings. The Bertz CT molecular complexity index is 1130. The zero-order valence-electron chi connectivity index (χ0n) is 15.6. The van der Waals surface area contributed by atoms with Gasteiger partial charge in [-0.1, -0.05) is 6.07 Å². The molecule has 3 rings (SSSR count). The van der Waals surface area contributed by atoms with Gasteiger partial charge in [-0.3, -0.25) is 9.89 Å². The van der Waals surface area contributed by atoms with Crippen molar-refractivity contribution < 1.29 is 22.7 Å². The Morgan fingerprint density at radius 1 is 1.23 bits per heavy atom. The molecule has 0 spiro atoms. The van der Waals surface area contributed by atoms with Gasteiger partial charge in [0.15, 0.2) is 0 Å². The van der Waals surface area contributed by atoms with E-state index in [0.29, 0.717) is 17.0 Å². The van der Waals surface area contributed by atoms with Gasteiger partial charge >= 0.3 is 6.18 Å². The molecule has 30 heavy (non-hydrogen) atoms. The van der Waals surface area contributed by atoms with E-state index in [0.717, 1.165) is 17.7 Å². The van der Waals surface area contributed by atoms with Crippen LogP contribution in [0.2, 0.25) is 0 Å². The number of benzene rings is 2. The third-order valence-electron chi connectivity index (χ3n) is 4.16. The topological polar surface area (TPSA) is 90.8 Å². The minimum absolute atomic E-state index is 0.0708. The Balaban J connectivity index is 1.85. The summed E-state index contributed by atoms with van der Waals surface area (Å²) in [6.45, 7) is 0. The number of H-pyrrole nitrogens is 1. The van der Waals surface area contributed by atoms with Crippen LogP contribution in [0.1, 0.15) is 11.1 Å². The van der Waals surface area contributed by atoms with E-state index in [-0.39, 0.29) is 11.3 Å². The molecule has 2 aromatic carbocycles. The van der Waals surface area contributed by atoms with Crippen LogP contribution >= 0.6 is 0 Å². The maximum atomic E-state index is 12.8. The molecule has 152 valence electrons. The number of carbonyl (C=O) groups excluding carboxylic acids is 1. The molecular weight excluding hydrogens is 397 g/mol. The highest BCUT2D eigenvalue weighted by Crippen LogP contribution is 2.31. The molecule has 9 heteroatoms. The minimum atomic E-state index is -4.54. The molecule has 1 amide bonds. The Labute approximate surface area is 169 Å². The molecule has 0 atom stereocenters. The summed E-state index contributed by atoms with van der Waals surface area (Å²) in [5.74, 6) is -0.174. The van der Waals surface area contributed by atoms with E-state index in [1.807, 2.05) is 0 Å². The zero-order chi connectivity index (χ0) is 21.7. The lowest BCUT2D eigenvalue weighted by Crippen LogP contribution is -2.14. The molecule has 0 saturated heterocycles. The van der Waals surface area contributed by atoms with Gasteiger partial charge in [0.1, 0.15) is 17.4 Å².